The molecule has 0 aliphatic heterocycles. The van der Waals surface area contributed by atoms with Crippen LogP contribution in [-0.2, 0) is 11.3 Å². The molecule has 0 amide bonds. The summed E-state index contributed by atoms with van der Waals surface area (Å²) in [5.74, 6) is 0. The minimum absolute atomic E-state index is 0.533. The molecule has 0 radical (unpaired) electrons. The Morgan fingerprint density at radius 1 is 1.45 bits per heavy atom. The predicted molar refractivity (Wildman–Crippen MR) is 44.4 cm³/mol. The van der Waals surface area contributed by atoms with Gasteiger partial charge in [0.05, 0.1) is 27.7 Å². The van der Waals surface area contributed by atoms with Gasteiger partial charge in [-0.15, -0.1) is 0 Å². The Hall–Kier alpha value is 0.0300. The number of hydrogen-bond donors (Lipinski definition) is 1. The average Bonchev–Trinajstić information content (AvgIpc) is 1.78. The highest BCUT2D eigenvalue weighted by Gasteiger charge is 2.04. The van der Waals surface area contributed by atoms with Crippen molar-refractivity contribution in [2.75, 3.05) is 34.2 Å². The second kappa shape index (κ2) is 4.82. The lowest BCUT2D eigenvalue weighted by molar-refractivity contribution is -0.870. The van der Waals surface area contributed by atoms with Gasteiger partial charge < -0.3 is 9.04 Å². The summed E-state index contributed by atoms with van der Waals surface area (Å²) in [7, 11) is 6.23. The van der Waals surface area contributed by atoms with Gasteiger partial charge >= 0.3 is 0 Å². The third-order valence-electron chi connectivity index (χ3n) is 1.23. The van der Waals surface area contributed by atoms with Crippen LogP contribution in [0.2, 0.25) is 0 Å². The van der Waals surface area contributed by atoms with Crippen molar-refractivity contribution >= 4 is 11.3 Å². The number of nitrogens with one attached hydrogen (secondary N) is 1. The smallest absolute Gasteiger partial charge is 0.0793 e. The molecular formula is C6H16N2O2S. The van der Waals surface area contributed by atoms with Crippen molar-refractivity contribution in [3.05, 3.63) is 0 Å². The fraction of sp³-hybridized carbons (Fsp3) is 1.00. The zero-order valence-corrected chi connectivity index (χ0v) is 8.11. The Morgan fingerprint density at radius 3 is 2.36 bits per heavy atom. The minimum Gasteiger partial charge on any atom is -0.760 e. The van der Waals surface area contributed by atoms with E-state index >= 15 is 0 Å². The van der Waals surface area contributed by atoms with Crippen molar-refractivity contribution in [2.45, 2.75) is 6.42 Å². The molecule has 0 aromatic rings. The molecule has 1 N–H and O–H groups in total. The van der Waals surface area contributed by atoms with E-state index < -0.39 is 11.3 Å². The number of hydrogen-bond acceptors (Lipinski definition) is 2. The molecule has 1 unspecified atom stereocenters. The van der Waals surface area contributed by atoms with Gasteiger partial charge in [0.2, 0.25) is 0 Å². The summed E-state index contributed by atoms with van der Waals surface area (Å²) in [6, 6.07) is 0. The molecule has 68 valence electrons. The van der Waals surface area contributed by atoms with Crippen molar-refractivity contribution in [3.8, 4) is 0 Å². The molecular weight excluding hydrogens is 164 g/mol. The molecule has 0 saturated heterocycles. The average molecular weight is 180 g/mol. The molecule has 0 aliphatic rings. The first-order chi connectivity index (χ1) is 4.92. The number of quaternary nitrogens is 1. The molecule has 0 rings (SSSR count). The number of rotatable bonds is 5. The van der Waals surface area contributed by atoms with Gasteiger partial charge in [0.25, 0.3) is 0 Å². The van der Waals surface area contributed by atoms with E-state index in [1.54, 1.807) is 0 Å². The van der Waals surface area contributed by atoms with Crippen LogP contribution < -0.4 is 4.72 Å². The van der Waals surface area contributed by atoms with Gasteiger partial charge in [-0.2, -0.15) is 0 Å². The van der Waals surface area contributed by atoms with Crippen molar-refractivity contribution in [2.24, 2.45) is 0 Å². The molecule has 0 aromatic carbocycles. The van der Waals surface area contributed by atoms with Crippen LogP contribution in [0.25, 0.3) is 0 Å². The molecule has 11 heavy (non-hydrogen) atoms. The van der Waals surface area contributed by atoms with Crippen LogP contribution in [0.1, 0.15) is 6.42 Å². The number of nitrogens with zero attached hydrogens (tertiary/aromatic N) is 1. The molecule has 0 heterocycles. The zero-order valence-electron chi connectivity index (χ0n) is 7.29. The molecule has 4 nitrogen and oxygen atoms in total. The van der Waals surface area contributed by atoms with Crippen LogP contribution in [0.15, 0.2) is 0 Å². The predicted octanol–water partition coefficient (Wildman–Crippen LogP) is -0.534. The van der Waals surface area contributed by atoms with E-state index in [9.17, 15) is 8.76 Å². The SMILES string of the molecule is C[N+](C)(C)CCCNS(=O)[O-]. The van der Waals surface area contributed by atoms with Crippen molar-refractivity contribution < 1.29 is 13.2 Å². The summed E-state index contributed by atoms with van der Waals surface area (Å²) in [6.45, 7) is 1.51. The maximum Gasteiger partial charge on any atom is 0.0793 e. The van der Waals surface area contributed by atoms with E-state index in [-0.39, 0.29) is 0 Å². The third-order valence-corrected chi connectivity index (χ3v) is 1.67. The van der Waals surface area contributed by atoms with Gasteiger partial charge in [-0.25, -0.2) is 4.72 Å². The van der Waals surface area contributed by atoms with E-state index in [2.05, 4.69) is 25.9 Å². The maximum atomic E-state index is 10.0. The summed E-state index contributed by atoms with van der Waals surface area (Å²) >= 11 is -2.10. The standard InChI is InChI=1S/C6H16N2O2S/c1-8(2,3)6-4-5-7-11(9)10/h7H,4-6H2,1-3H3. The van der Waals surface area contributed by atoms with Crippen LogP contribution >= 0.6 is 0 Å². The highest BCUT2D eigenvalue weighted by Crippen LogP contribution is 1.91. The lowest BCUT2D eigenvalue weighted by Crippen LogP contribution is -2.36. The lowest BCUT2D eigenvalue weighted by atomic mass is 10.4. The second-order valence-corrected chi connectivity index (χ2v) is 4.25. The van der Waals surface area contributed by atoms with E-state index in [1.807, 2.05) is 0 Å². The van der Waals surface area contributed by atoms with Crippen molar-refractivity contribution in [1.82, 2.24) is 4.72 Å². The van der Waals surface area contributed by atoms with Gasteiger partial charge in [-0.05, 0) is 0 Å². The Kier molecular flexibility index (Phi) is 4.83. The molecule has 0 aliphatic carbocycles. The van der Waals surface area contributed by atoms with Gasteiger partial charge in [0, 0.05) is 24.2 Å². The third kappa shape index (κ3) is 10.0. The van der Waals surface area contributed by atoms with E-state index in [0.29, 0.717) is 6.54 Å². The highest BCUT2D eigenvalue weighted by molar-refractivity contribution is 7.77. The van der Waals surface area contributed by atoms with Crippen molar-refractivity contribution in [1.29, 1.82) is 0 Å². The van der Waals surface area contributed by atoms with Crippen LogP contribution in [-0.4, -0.2) is 47.5 Å². The van der Waals surface area contributed by atoms with Gasteiger partial charge in [0.15, 0.2) is 0 Å². The fourth-order valence-corrected chi connectivity index (χ4v) is 1.02. The Morgan fingerprint density at radius 2 is 2.00 bits per heavy atom. The van der Waals surface area contributed by atoms with Gasteiger partial charge in [-0.1, -0.05) is 0 Å². The van der Waals surface area contributed by atoms with Gasteiger partial charge in [0.1, 0.15) is 0 Å². The van der Waals surface area contributed by atoms with E-state index in [0.717, 1.165) is 17.4 Å². The molecule has 0 fully saturated rings. The lowest BCUT2D eigenvalue weighted by Gasteiger charge is -2.23. The quantitative estimate of drug-likeness (QED) is 0.351. The maximum absolute atomic E-state index is 10.0. The first-order valence-electron chi connectivity index (χ1n) is 3.55. The normalized spacial score (nSPS) is 14.9. The first kappa shape index (κ1) is 11.0. The van der Waals surface area contributed by atoms with Gasteiger partial charge in [-0.3, -0.25) is 4.21 Å². The largest absolute Gasteiger partial charge is 0.760 e. The Balaban J connectivity index is 3.22. The molecule has 5 heteroatoms. The van der Waals surface area contributed by atoms with Crippen LogP contribution in [0.3, 0.4) is 0 Å². The molecule has 0 bridgehead atoms. The molecule has 0 aromatic heterocycles. The highest BCUT2D eigenvalue weighted by atomic mass is 32.2. The Bertz CT molecular complexity index is 133. The Labute approximate surface area is 70.6 Å². The first-order valence-corrected chi connectivity index (χ1v) is 4.62. The summed E-state index contributed by atoms with van der Waals surface area (Å²) in [4.78, 5) is 0. The minimum atomic E-state index is -2.10. The fourth-order valence-electron chi connectivity index (χ4n) is 0.709. The molecule has 0 spiro atoms. The molecule has 1 atom stereocenters. The summed E-state index contributed by atoms with van der Waals surface area (Å²) in [6.07, 6.45) is 0.872. The topological polar surface area (TPSA) is 52.2 Å². The van der Waals surface area contributed by atoms with Crippen LogP contribution in [0, 0.1) is 0 Å². The van der Waals surface area contributed by atoms with Crippen LogP contribution in [0.5, 0.6) is 0 Å². The van der Waals surface area contributed by atoms with Crippen LogP contribution in [0.4, 0.5) is 0 Å². The van der Waals surface area contributed by atoms with Crippen molar-refractivity contribution in [3.63, 3.8) is 0 Å². The van der Waals surface area contributed by atoms with E-state index in [4.69, 9.17) is 0 Å². The zero-order chi connectivity index (χ0) is 8.91. The monoisotopic (exact) mass is 180 g/mol. The summed E-state index contributed by atoms with van der Waals surface area (Å²) in [5, 5.41) is 0. The summed E-state index contributed by atoms with van der Waals surface area (Å²) in [5.41, 5.74) is 0. The molecule has 0 saturated carbocycles. The van der Waals surface area contributed by atoms with E-state index in [1.165, 1.54) is 0 Å². The second-order valence-electron chi connectivity index (χ2n) is 3.50. The summed E-state index contributed by atoms with van der Waals surface area (Å²) < 4.78 is 23.2.